The van der Waals surface area contributed by atoms with E-state index in [-0.39, 0.29) is 17.4 Å². The summed E-state index contributed by atoms with van der Waals surface area (Å²) in [5.74, 6) is 0.266. The van der Waals surface area contributed by atoms with Crippen LogP contribution in [0.5, 0.6) is 11.5 Å². The van der Waals surface area contributed by atoms with Gasteiger partial charge in [-0.25, -0.2) is 0 Å². The Morgan fingerprint density at radius 1 is 1.09 bits per heavy atom. The predicted molar refractivity (Wildman–Crippen MR) is 85.6 cm³/mol. The number of nitrogens with zero attached hydrogens (tertiary/aromatic N) is 1. The van der Waals surface area contributed by atoms with Crippen LogP contribution in [0.1, 0.15) is 31.1 Å². The van der Waals surface area contributed by atoms with E-state index in [0.717, 1.165) is 0 Å². The summed E-state index contributed by atoms with van der Waals surface area (Å²) in [6.45, 7) is 5.41. The predicted octanol–water partition coefficient (Wildman–Crippen LogP) is 2.39. The first-order valence-electron chi connectivity index (χ1n) is 6.91. The first-order chi connectivity index (χ1) is 10.1. The summed E-state index contributed by atoms with van der Waals surface area (Å²) in [6, 6.07) is 3.30. The maximum absolute atomic E-state index is 12.5. The van der Waals surface area contributed by atoms with Gasteiger partial charge < -0.3 is 19.7 Å². The molecule has 0 saturated carbocycles. The van der Waals surface area contributed by atoms with E-state index in [1.165, 1.54) is 19.1 Å². The standard InChI is InChI=1S/C16H24N2O4/c1-16(2,3)15(20)17-10-8-9-11(21-6)13(22-7)12(10)14(19)18(4)5/h8-9H,1-7H3,(H,17,20). The molecular formula is C16H24N2O4. The van der Waals surface area contributed by atoms with Gasteiger partial charge in [0.2, 0.25) is 5.91 Å². The molecule has 1 aromatic carbocycles. The number of rotatable bonds is 4. The summed E-state index contributed by atoms with van der Waals surface area (Å²) >= 11 is 0. The molecule has 22 heavy (non-hydrogen) atoms. The van der Waals surface area contributed by atoms with Crippen molar-refractivity contribution in [2.75, 3.05) is 33.6 Å². The molecule has 0 bridgehead atoms. The van der Waals surface area contributed by atoms with Gasteiger partial charge in [-0.1, -0.05) is 20.8 Å². The van der Waals surface area contributed by atoms with E-state index in [4.69, 9.17) is 9.47 Å². The molecule has 6 nitrogen and oxygen atoms in total. The highest BCUT2D eigenvalue weighted by Gasteiger charge is 2.27. The zero-order chi connectivity index (χ0) is 17.1. The van der Waals surface area contributed by atoms with Crippen molar-refractivity contribution in [3.8, 4) is 11.5 Å². The van der Waals surface area contributed by atoms with Crippen LogP contribution in [-0.2, 0) is 4.79 Å². The van der Waals surface area contributed by atoms with Gasteiger partial charge in [-0.2, -0.15) is 0 Å². The first kappa shape index (κ1) is 17.8. The Kier molecular flexibility index (Phi) is 5.41. The molecule has 0 saturated heterocycles. The minimum absolute atomic E-state index is 0.187. The number of hydrogen-bond acceptors (Lipinski definition) is 4. The Bertz CT molecular complexity index is 574. The van der Waals surface area contributed by atoms with Crippen molar-refractivity contribution >= 4 is 17.5 Å². The van der Waals surface area contributed by atoms with Crippen molar-refractivity contribution in [3.05, 3.63) is 17.7 Å². The molecule has 0 atom stereocenters. The SMILES string of the molecule is COc1ccc(NC(=O)C(C)(C)C)c(C(=O)N(C)C)c1OC. The van der Waals surface area contributed by atoms with Crippen LogP contribution in [-0.4, -0.2) is 45.0 Å². The van der Waals surface area contributed by atoms with Crippen LogP contribution in [0, 0.1) is 5.41 Å². The van der Waals surface area contributed by atoms with E-state index in [0.29, 0.717) is 17.2 Å². The second-order valence-corrected chi connectivity index (χ2v) is 6.13. The molecule has 122 valence electrons. The second kappa shape index (κ2) is 6.68. The summed E-state index contributed by atoms with van der Waals surface area (Å²) < 4.78 is 10.5. The van der Waals surface area contributed by atoms with Crippen LogP contribution in [0.25, 0.3) is 0 Å². The van der Waals surface area contributed by atoms with Crippen LogP contribution in [0.3, 0.4) is 0 Å². The van der Waals surface area contributed by atoms with Crippen LogP contribution >= 0.6 is 0 Å². The normalized spacial score (nSPS) is 10.9. The van der Waals surface area contributed by atoms with E-state index in [9.17, 15) is 9.59 Å². The molecule has 0 unspecified atom stereocenters. The summed E-state index contributed by atoms with van der Waals surface area (Å²) in [5.41, 5.74) is 0.0896. The van der Waals surface area contributed by atoms with Gasteiger partial charge in [0.15, 0.2) is 11.5 Å². The van der Waals surface area contributed by atoms with Gasteiger partial charge in [0.05, 0.1) is 19.9 Å². The molecule has 2 amide bonds. The smallest absolute Gasteiger partial charge is 0.259 e. The van der Waals surface area contributed by atoms with Crippen LogP contribution in [0.4, 0.5) is 5.69 Å². The lowest BCUT2D eigenvalue weighted by Gasteiger charge is -2.22. The Balaban J connectivity index is 3.45. The fraction of sp³-hybridized carbons (Fsp3) is 0.500. The van der Waals surface area contributed by atoms with Crippen LogP contribution < -0.4 is 14.8 Å². The largest absolute Gasteiger partial charge is 0.493 e. The van der Waals surface area contributed by atoms with E-state index < -0.39 is 5.41 Å². The minimum Gasteiger partial charge on any atom is -0.493 e. The molecule has 1 N–H and O–H groups in total. The molecule has 0 radical (unpaired) electrons. The summed E-state index contributed by atoms with van der Waals surface area (Å²) in [4.78, 5) is 26.1. The highest BCUT2D eigenvalue weighted by atomic mass is 16.5. The van der Waals surface area contributed by atoms with Gasteiger partial charge in [-0.15, -0.1) is 0 Å². The zero-order valence-electron chi connectivity index (χ0n) is 14.2. The van der Waals surface area contributed by atoms with Crippen molar-refractivity contribution in [1.29, 1.82) is 0 Å². The van der Waals surface area contributed by atoms with E-state index in [1.807, 2.05) is 0 Å². The molecule has 0 aliphatic rings. The third kappa shape index (κ3) is 3.69. The number of ether oxygens (including phenoxy) is 2. The Morgan fingerprint density at radius 2 is 1.68 bits per heavy atom. The number of anilines is 1. The third-order valence-corrected chi connectivity index (χ3v) is 3.10. The van der Waals surface area contributed by atoms with E-state index >= 15 is 0 Å². The lowest BCUT2D eigenvalue weighted by molar-refractivity contribution is -0.123. The highest BCUT2D eigenvalue weighted by molar-refractivity contribution is 6.07. The Hall–Kier alpha value is -2.24. The molecule has 1 aromatic rings. The fourth-order valence-electron chi connectivity index (χ4n) is 1.78. The molecule has 0 fully saturated rings. The molecule has 0 spiro atoms. The molecule has 0 aliphatic carbocycles. The lowest BCUT2D eigenvalue weighted by atomic mass is 9.95. The molecular weight excluding hydrogens is 284 g/mol. The van der Waals surface area contributed by atoms with Crippen molar-refractivity contribution in [2.24, 2.45) is 5.41 Å². The third-order valence-electron chi connectivity index (χ3n) is 3.10. The van der Waals surface area contributed by atoms with Crippen molar-refractivity contribution in [2.45, 2.75) is 20.8 Å². The summed E-state index contributed by atoms with van der Waals surface area (Å²) in [5, 5.41) is 2.79. The number of amides is 2. The van der Waals surface area contributed by atoms with Crippen LogP contribution in [0.15, 0.2) is 12.1 Å². The molecule has 0 aliphatic heterocycles. The van der Waals surface area contributed by atoms with E-state index in [1.54, 1.807) is 47.0 Å². The maximum Gasteiger partial charge on any atom is 0.259 e. The molecule has 0 heterocycles. The number of benzene rings is 1. The second-order valence-electron chi connectivity index (χ2n) is 6.13. The van der Waals surface area contributed by atoms with Crippen molar-refractivity contribution in [1.82, 2.24) is 4.90 Å². The lowest BCUT2D eigenvalue weighted by Crippen LogP contribution is -2.30. The number of carbonyl (C=O) groups excluding carboxylic acids is 2. The topological polar surface area (TPSA) is 67.9 Å². The van der Waals surface area contributed by atoms with Crippen LogP contribution in [0.2, 0.25) is 0 Å². The van der Waals surface area contributed by atoms with Gasteiger partial charge in [-0.3, -0.25) is 9.59 Å². The van der Waals surface area contributed by atoms with Crippen molar-refractivity contribution in [3.63, 3.8) is 0 Å². The molecule has 1 rings (SSSR count). The maximum atomic E-state index is 12.5. The Morgan fingerprint density at radius 3 is 2.09 bits per heavy atom. The van der Waals surface area contributed by atoms with Gasteiger partial charge in [-0.05, 0) is 12.1 Å². The highest BCUT2D eigenvalue weighted by Crippen LogP contribution is 2.37. The quantitative estimate of drug-likeness (QED) is 0.927. The molecule has 0 aromatic heterocycles. The zero-order valence-corrected chi connectivity index (χ0v) is 14.2. The first-order valence-corrected chi connectivity index (χ1v) is 6.91. The summed E-state index contributed by atoms with van der Waals surface area (Å²) in [6.07, 6.45) is 0. The number of hydrogen-bond donors (Lipinski definition) is 1. The van der Waals surface area contributed by atoms with Gasteiger partial charge in [0, 0.05) is 19.5 Å². The fourth-order valence-corrected chi connectivity index (χ4v) is 1.78. The minimum atomic E-state index is -0.578. The number of methoxy groups -OCH3 is 2. The van der Waals surface area contributed by atoms with Gasteiger partial charge in [0.25, 0.3) is 5.91 Å². The number of nitrogens with one attached hydrogen (secondary N) is 1. The average molecular weight is 308 g/mol. The Labute approximate surface area is 131 Å². The monoisotopic (exact) mass is 308 g/mol. The summed E-state index contributed by atoms with van der Waals surface area (Å²) in [7, 11) is 6.22. The van der Waals surface area contributed by atoms with Gasteiger partial charge >= 0.3 is 0 Å². The van der Waals surface area contributed by atoms with Crippen molar-refractivity contribution < 1.29 is 19.1 Å². The number of carbonyl (C=O) groups is 2. The average Bonchev–Trinajstić information content (AvgIpc) is 2.44. The molecule has 6 heteroatoms. The van der Waals surface area contributed by atoms with E-state index in [2.05, 4.69) is 5.32 Å². The van der Waals surface area contributed by atoms with Gasteiger partial charge in [0.1, 0.15) is 5.56 Å².